The molecule has 0 aromatic heterocycles. The fraction of sp³-hybridized carbons (Fsp3) is 0.529. The van der Waals surface area contributed by atoms with Crippen LogP contribution in [0.4, 0.5) is 0 Å². The van der Waals surface area contributed by atoms with E-state index in [9.17, 15) is 9.59 Å². The minimum Gasteiger partial charge on any atom is -0.468 e. The van der Waals surface area contributed by atoms with Gasteiger partial charge in [0.05, 0.1) is 18.8 Å². The summed E-state index contributed by atoms with van der Waals surface area (Å²) in [5.41, 5.74) is -1.58. The molecule has 0 aliphatic carbocycles. The zero-order valence-electron chi connectivity index (χ0n) is 12.8. The van der Waals surface area contributed by atoms with Crippen LogP contribution in [0, 0.1) is 5.41 Å². The van der Waals surface area contributed by atoms with Gasteiger partial charge in [-0.25, -0.2) is 0 Å². The van der Waals surface area contributed by atoms with Crippen molar-refractivity contribution in [3.63, 3.8) is 0 Å². The number of esters is 1. The van der Waals surface area contributed by atoms with Crippen LogP contribution in [-0.2, 0) is 19.1 Å². The summed E-state index contributed by atoms with van der Waals surface area (Å²) in [6.45, 7) is 1.66. The first-order valence-electron chi connectivity index (χ1n) is 7.48. The van der Waals surface area contributed by atoms with E-state index in [1.165, 1.54) is 7.11 Å². The number of thioether (sulfide) groups is 1. The summed E-state index contributed by atoms with van der Waals surface area (Å²) >= 11 is 1.70. The predicted molar refractivity (Wildman–Crippen MR) is 83.8 cm³/mol. The number of fused-ring (bicyclic) bond motifs is 2. The van der Waals surface area contributed by atoms with Gasteiger partial charge in [0.1, 0.15) is 5.41 Å². The van der Waals surface area contributed by atoms with E-state index in [0.717, 1.165) is 23.5 Å². The molecular weight excluding hydrogens is 300 g/mol. The summed E-state index contributed by atoms with van der Waals surface area (Å²) in [6.07, 6.45) is 1.47. The van der Waals surface area contributed by atoms with Gasteiger partial charge in [-0.15, -0.1) is 11.8 Å². The van der Waals surface area contributed by atoms with E-state index in [1.54, 1.807) is 18.7 Å². The van der Waals surface area contributed by atoms with Crippen LogP contribution >= 0.6 is 11.8 Å². The Morgan fingerprint density at radius 3 is 2.82 bits per heavy atom. The maximum atomic E-state index is 12.6. The third-order valence-corrected chi connectivity index (χ3v) is 6.09. The first-order chi connectivity index (χ1) is 10.5. The lowest BCUT2D eigenvalue weighted by molar-refractivity contribution is -0.181. The van der Waals surface area contributed by atoms with Crippen LogP contribution in [0.5, 0.6) is 0 Å². The van der Waals surface area contributed by atoms with Crippen molar-refractivity contribution in [1.82, 2.24) is 0 Å². The van der Waals surface area contributed by atoms with Crippen molar-refractivity contribution < 1.29 is 19.1 Å². The number of methoxy groups -OCH3 is 1. The molecule has 2 bridgehead atoms. The van der Waals surface area contributed by atoms with E-state index in [-0.39, 0.29) is 18.3 Å². The van der Waals surface area contributed by atoms with Gasteiger partial charge in [0, 0.05) is 17.1 Å². The van der Waals surface area contributed by atoms with Crippen molar-refractivity contribution in [2.24, 2.45) is 5.41 Å². The molecule has 118 valence electrons. The fourth-order valence-corrected chi connectivity index (χ4v) is 4.45. The molecule has 2 heterocycles. The number of hydrogen-bond donors (Lipinski definition) is 0. The number of ether oxygens (including phenoxy) is 2. The highest BCUT2D eigenvalue weighted by Gasteiger charge is 2.61. The first kappa shape index (κ1) is 15.6. The molecule has 0 radical (unpaired) electrons. The van der Waals surface area contributed by atoms with Crippen LogP contribution in [0.1, 0.15) is 26.2 Å². The minimum absolute atomic E-state index is 0.0539. The molecule has 0 unspecified atom stereocenters. The number of hydrogen-bond acceptors (Lipinski definition) is 5. The highest BCUT2D eigenvalue weighted by Crippen LogP contribution is 2.50. The van der Waals surface area contributed by atoms with Crippen molar-refractivity contribution in [2.75, 3.05) is 12.9 Å². The van der Waals surface area contributed by atoms with Gasteiger partial charge in [0.25, 0.3) is 0 Å². The van der Waals surface area contributed by atoms with E-state index in [0.29, 0.717) is 0 Å². The smallest absolute Gasteiger partial charge is 0.321 e. The van der Waals surface area contributed by atoms with E-state index < -0.39 is 17.0 Å². The van der Waals surface area contributed by atoms with Crippen molar-refractivity contribution in [3.05, 3.63) is 30.3 Å². The van der Waals surface area contributed by atoms with Gasteiger partial charge >= 0.3 is 5.97 Å². The van der Waals surface area contributed by atoms with E-state index in [4.69, 9.17) is 9.47 Å². The van der Waals surface area contributed by atoms with Crippen molar-refractivity contribution >= 4 is 23.5 Å². The fourth-order valence-electron chi connectivity index (χ4n) is 3.35. The molecule has 2 fully saturated rings. The second-order valence-electron chi connectivity index (χ2n) is 6.22. The normalized spacial score (nSPS) is 33.7. The highest BCUT2D eigenvalue weighted by atomic mass is 32.2. The Hall–Kier alpha value is -1.33. The molecule has 5 heteroatoms. The van der Waals surface area contributed by atoms with Crippen LogP contribution in [-0.4, -0.2) is 36.3 Å². The summed E-state index contributed by atoms with van der Waals surface area (Å²) in [6, 6.07) is 10.1. The summed E-state index contributed by atoms with van der Waals surface area (Å²) in [7, 11) is 1.32. The third-order valence-electron chi connectivity index (χ3n) is 4.81. The standard InChI is InChI=1S/C17H20O4S/c1-16(15(19)20-2)13(18)10-17(9-8-14(16)21-17)11-22-12-6-4-3-5-7-12/h3-7,14H,8-11H2,1-2H3/t14-,16+,17+/m1/s1. The Kier molecular flexibility index (Phi) is 4.03. The lowest BCUT2D eigenvalue weighted by atomic mass is 9.76. The largest absolute Gasteiger partial charge is 0.468 e. The summed E-state index contributed by atoms with van der Waals surface area (Å²) in [5, 5.41) is 0. The van der Waals surface area contributed by atoms with Gasteiger partial charge in [0.2, 0.25) is 0 Å². The monoisotopic (exact) mass is 320 g/mol. The Bertz CT molecular complexity index is 588. The molecule has 3 atom stereocenters. The van der Waals surface area contributed by atoms with Crippen LogP contribution < -0.4 is 0 Å². The number of carbonyl (C=O) groups is 2. The lowest BCUT2D eigenvalue weighted by Crippen LogP contribution is -2.55. The SMILES string of the molecule is COC(=O)[C@@]1(C)C(=O)C[C@]2(CSc3ccccc3)CC[C@H]1O2. The van der Waals surface area contributed by atoms with Gasteiger partial charge in [-0.1, -0.05) is 18.2 Å². The second kappa shape index (κ2) is 5.70. The molecule has 0 saturated carbocycles. The van der Waals surface area contributed by atoms with Crippen LogP contribution in [0.15, 0.2) is 35.2 Å². The molecule has 0 spiro atoms. The molecular formula is C17H20O4S. The number of carbonyl (C=O) groups excluding carboxylic acids is 2. The van der Waals surface area contributed by atoms with Gasteiger partial charge in [-0.3, -0.25) is 9.59 Å². The third kappa shape index (κ3) is 2.46. The van der Waals surface area contributed by atoms with Gasteiger partial charge in [-0.2, -0.15) is 0 Å². The zero-order valence-corrected chi connectivity index (χ0v) is 13.7. The van der Waals surface area contributed by atoms with E-state index >= 15 is 0 Å². The summed E-state index contributed by atoms with van der Waals surface area (Å²) in [4.78, 5) is 25.8. The van der Waals surface area contributed by atoms with Gasteiger partial charge in [0.15, 0.2) is 5.78 Å². The first-order valence-corrected chi connectivity index (χ1v) is 8.46. The van der Waals surface area contributed by atoms with Crippen molar-refractivity contribution in [3.8, 4) is 0 Å². The van der Waals surface area contributed by atoms with Crippen LogP contribution in [0.3, 0.4) is 0 Å². The quantitative estimate of drug-likeness (QED) is 0.485. The molecule has 0 N–H and O–H groups in total. The maximum Gasteiger partial charge on any atom is 0.321 e. The number of ketones is 1. The van der Waals surface area contributed by atoms with Crippen molar-refractivity contribution in [1.29, 1.82) is 0 Å². The Balaban J connectivity index is 1.74. The Morgan fingerprint density at radius 1 is 1.41 bits per heavy atom. The molecule has 3 rings (SSSR count). The van der Waals surface area contributed by atoms with Crippen molar-refractivity contribution in [2.45, 2.75) is 42.8 Å². The molecule has 0 amide bonds. The zero-order chi connectivity index (χ0) is 15.8. The average Bonchev–Trinajstić information content (AvgIpc) is 2.92. The van der Waals surface area contributed by atoms with Crippen LogP contribution in [0.2, 0.25) is 0 Å². The predicted octanol–water partition coefficient (Wildman–Crippen LogP) is 2.85. The molecule has 2 aliphatic heterocycles. The maximum absolute atomic E-state index is 12.6. The van der Waals surface area contributed by atoms with E-state index in [2.05, 4.69) is 12.1 Å². The molecule has 2 aliphatic rings. The minimum atomic E-state index is -1.15. The number of Topliss-reactive ketones (excluding diaryl/α,β-unsaturated/α-hetero) is 1. The Morgan fingerprint density at radius 2 is 2.14 bits per heavy atom. The number of rotatable bonds is 4. The molecule has 2 saturated heterocycles. The van der Waals surface area contributed by atoms with E-state index in [1.807, 2.05) is 18.2 Å². The summed E-state index contributed by atoms with van der Waals surface area (Å²) < 4.78 is 11.0. The average molecular weight is 320 g/mol. The highest BCUT2D eigenvalue weighted by molar-refractivity contribution is 7.99. The van der Waals surface area contributed by atoms with Crippen LogP contribution in [0.25, 0.3) is 0 Å². The Labute approximate surface area is 134 Å². The van der Waals surface area contributed by atoms with Gasteiger partial charge in [-0.05, 0) is 31.9 Å². The molecule has 1 aromatic carbocycles. The summed E-state index contributed by atoms with van der Waals surface area (Å²) in [5.74, 6) is 0.201. The second-order valence-corrected chi connectivity index (χ2v) is 7.27. The number of benzene rings is 1. The molecule has 4 nitrogen and oxygen atoms in total. The van der Waals surface area contributed by atoms with Gasteiger partial charge < -0.3 is 9.47 Å². The molecule has 22 heavy (non-hydrogen) atoms. The lowest BCUT2D eigenvalue weighted by Gasteiger charge is -2.40. The molecule has 1 aromatic rings. The topological polar surface area (TPSA) is 52.6 Å².